The molecule has 1 aromatic heterocycles. The van der Waals surface area contributed by atoms with E-state index < -0.39 is 0 Å². The van der Waals surface area contributed by atoms with E-state index in [9.17, 15) is 0 Å². The molecule has 1 aliphatic rings. The van der Waals surface area contributed by atoms with Gasteiger partial charge in [0.25, 0.3) is 0 Å². The molecule has 90 valence electrons. The van der Waals surface area contributed by atoms with E-state index in [0.717, 1.165) is 11.3 Å². The minimum atomic E-state index is 0.0743. The molecule has 0 amide bonds. The fourth-order valence-corrected chi connectivity index (χ4v) is 2.90. The van der Waals surface area contributed by atoms with Gasteiger partial charge in [-0.3, -0.25) is 0 Å². The van der Waals surface area contributed by atoms with Crippen LogP contribution in [0.5, 0.6) is 0 Å². The van der Waals surface area contributed by atoms with Crippen LogP contribution in [0.25, 0.3) is 11.0 Å². The summed E-state index contributed by atoms with van der Waals surface area (Å²) >= 11 is 0. The third kappa shape index (κ3) is 1.98. The molecule has 0 radical (unpaired) electrons. The van der Waals surface area contributed by atoms with Gasteiger partial charge in [0.1, 0.15) is 11.3 Å². The van der Waals surface area contributed by atoms with Crippen molar-refractivity contribution in [2.24, 2.45) is 11.7 Å². The Hall–Kier alpha value is -1.28. The summed E-state index contributed by atoms with van der Waals surface area (Å²) in [6, 6.07) is 8.46. The molecule has 2 N–H and O–H groups in total. The predicted octanol–water partition coefficient (Wildman–Crippen LogP) is 3.93. The molecule has 1 heterocycles. The van der Waals surface area contributed by atoms with Crippen molar-refractivity contribution in [3.63, 3.8) is 0 Å². The van der Waals surface area contributed by atoms with Crippen LogP contribution in [0.4, 0.5) is 0 Å². The zero-order valence-corrected chi connectivity index (χ0v) is 10.3. The molecule has 1 fully saturated rings. The number of fused-ring (bicyclic) bond motifs is 1. The van der Waals surface area contributed by atoms with Crippen molar-refractivity contribution in [1.82, 2.24) is 0 Å². The van der Waals surface area contributed by atoms with Crippen LogP contribution < -0.4 is 5.73 Å². The molecule has 0 bridgehead atoms. The minimum Gasteiger partial charge on any atom is -0.459 e. The van der Waals surface area contributed by atoms with Crippen molar-refractivity contribution in [3.8, 4) is 0 Å². The van der Waals surface area contributed by atoms with Gasteiger partial charge in [-0.05, 0) is 43.9 Å². The normalized spacial score (nSPS) is 18.9. The first kappa shape index (κ1) is 10.8. The summed E-state index contributed by atoms with van der Waals surface area (Å²) in [6.07, 6.45) is 5.13. The van der Waals surface area contributed by atoms with Gasteiger partial charge < -0.3 is 10.2 Å². The third-order valence-electron chi connectivity index (χ3n) is 3.93. The summed E-state index contributed by atoms with van der Waals surface area (Å²) in [5.74, 6) is 1.56. The summed E-state index contributed by atoms with van der Waals surface area (Å²) in [5, 5.41) is 1.17. The van der Waals surface area contributed by atoms with Gasteiger partial charge in [-0.15, -0.1) is 0 Å². The maximum absolute atomic E-state index is 6.31. The van der Waals surface area contributed by atoms with Gasteiger partial charge in [-0.25, -0.2) is 0 Å². The molecule has 1 saturated carbocycles. The molecule has 17 heavy (non-hydrogen) atoms. The van der Waals surface area contributed by atoms with Crippen molar-refractivity contribution in [3.05, 3.63) is 35.6 Å². The standard InChI is InChI=1S/C15H19NO/c1-10-6-7-13-12(8-10)9-14(17-13)15(16)11-4-2-3-5-11/h6-9,11,15H,2-5,16H2,1H3. The van der Waals surface area contributed by atoms with E-state index in [4.69, 9.17) is 10.2 Å². The highest BCUT2D eigenvalue weighted by Crippen LogP contribution is 2.36. The van der Waals surface area contributed by atoms with Crippen LogP contribution in [-0.4, -0.2) is 0 Å². The molecule has 1 aromatic carbocycles. The van der Waals surface area contributed by atoms with Crippen LogP contribution in [0, 0.1) is 12.8 Å². The van der Waals surface area contributed by atoms with E-state index in [1.54, 1.807) is 0 Å². The summed E-state index contributed by atoms with van der Waals surface area (Å²) < 4.78 is 5.87. The largest absolute Gasteiger partial charge is 0.459 e. The second-order valence-electron chi connectivity index (χ2n) is 5.26. The van der Waals surface area contributed by atoms with E-state index in [0.29, 0.717) is 5.92 Å². The highest BCUT2D eigenvalue weighted by molar-refractivity contribution is 5.78. The summed E-state index contributed by atoms with van der Waals surface area (Å²) in [6.45, 7) is 2.10. The van der Waals surface area contributed by atoms with Crippen molar-refractivity contribution in [1.29, 1.82) is 0 Å². The first-order valence-electron chi connectivity index (χ1n) is 6.50. The molecule has 2 nitrogen and oxygen atoms in total. The number of hydrogen-bond acceptors (Lipinski definition) is 2. The van der Waals surface area contributed by atoms with Crippen LogP contribution in [0.2, 0.25) is 0 Å². The second-order valence-corrected chi connectivity index (χ2v) is 5.26. The van der Waals surface area contributed by atoms with Crippen LogP contribution in [0.1, 0.15) is 43.0 Å². The molecule has 0 saturated heterocycles. The van der Waals surface area contributed by atoms with E-state index >= 15 is 0 Å². The molecular formula is C15H19NO. The Balaban J connectivity index is 1.94. The quantitative estimate of drug-likeness (QED) is 0.847. The van der Waals surface area contributed by atoms with Gasteiger partial charge in [0.2, 0.25) is 0 Å². The lowest BCUT2D eigenvalue weighted by atomic mass is 9.97. The van der Waals surface area contributed by atoms with E-state index in [1.165, 1.54) is 36.6 Å². The van der Waals surface area contributed by atoms with Crippen LogP contribution in [0.3, 0.4) is 0 Å². The molecule has 0 spiro atoms. The molecule has 2 heteroatoms. The van der Waals surface area contributed by atoms with E-state index in [-0.39, 0.29) is 6.04 Å². The average Bonchev–Trinajstić information content (AvgIpc) is 2.96. The highest BCUT2D eigenvalue weighted by atomic mass is 16.3. The van der Waals surface area contributed by atoms with Crippen molar-refractivity contribution in [2.45, 2.75) is 38.6 Å². The maximum Gasteiger partial charge on any atom is 0.134 e. The summed E-state index contributed by atoms with van der Waals surface area (Å²) in [5.41, 5.74) is 8.53. The zero-order chi connectivity index (χ0) is 11.8. The molecule has 0 aliphatic heterocycles. The molecule has 1 atom stereocenters. The van der Waals surface area contributed by atoms with E-state index in [2.05, 4.69) is 25.1 Å². The van der Waals surface area contributed by atoms with Gasteiger partial charge in [-0.1, -0.05) is 24.5 Å². The molecule has 2 aromatic rings. The Morgan fingerprint density at radius 2 is 2.00 bits per heavy atom. The lowest BCUT2D eigenvalue weighted by Gasteiger charge is -2.15. The number of aryl methyl sites for hydroxylation is 1. The number of rotatable bonds is 2. The summed E-state index contributed by atoms with van der Waals surface area (Å²) in [7, 11) is 0. The number of benzene rings is 1. The molecule has 1 unspecified atom stereocenters. The van der Waals surface area contributed by atoms with Crippen LogP contribution in [0.15, 0.2) is 28.7 Å². The Labute approximate surface area is 102 Å². The maximum atomic E-state index is 6.31. The van der Waals surface area contributed by atoms with Crippen LogP contribution >= 0.6 is 0 Å². The fourth-order valence-electron chi connectivity index (χ4n) is 2.90. The second kappa shape index (κ2) is 4.19. The van der Waals surface area contributed by atoms with Gasteiger partial charge in [0.05, 0.1) is 6.04 Å². The third-order valence-corrected chi connectivity index (χ3v) is 3.93. The lowest BCUT2D eigenvalue weighted by molar-refractivity contribution is 0.380. The number of hydrogen-bond donors (Lipinski definition) is 1. The van der Waals surface area contributed by atoms with Crippen molar-refractivity contribution >= 4 is 11.0 Å². The monoisotopic (exact) mass is 229 g/mol. The van der Waals surface area contributed by atoms with Gasteiger partial charge in [0.15, 0.2) is 0 Å². The molecule has 3 rings (SSSR count). The van der Waals surface area contributed by atoms with Crippen LogP contribution in [-0.2, 0) is 0 Å². The summed E-state index contributed by atoms with van der Waals surface area (Å²) in [4.78, 5) is 0. The first-order valence-corrected chi connectivity index (χ1v) is 6.50. The first-order chi connectivity index (χ1) is 8.24. The lowest BCUT2D eigenvalue weighted by Crippen LogP contribution is -2.18. The average molecular weight is 229 g/mol. The molecule has 1 aliphatic carbocycles. The topological polar surface area (TPSA) is 39.2 Å². The fraction of sp³-hybridized carbons (Fsp3) is 0.467. The Morgan fingerprint density at radius 3 is 2.76 bits per heavy atom. The Bertz CT molecular complexity index is 523. The minimum absolute atomic E-state index is 0.0743. The Morgan fingerprint density at radius 1 is 1.24 bits per heavy atom. The zero-order valence-electron chi connectivity index (χ0n) is 10.3. The van der Waals surface area contributed by atoms with Gasteiger partial charge >= 0.3 is 0 Å². The number of nitrogens with two attached hydrogens (primary N) is 1. The number of furan rings is 1. The smallest absolute Gasteiger partial charge is 0.134 e. The van der Waals surface area contributed by atoms with Crippen molar-refractivity contribution in [2.75, 3.05) is 0 Å². The van der Waals surface area contributed by atoms with Gasteiger partial charge in [0, 0.05) is 5.39 Å². The highest BCUT2D eigenvalue weighted by Gasteiger charge is 2.25. The van der Waals surface area contributed by atoms with E-state index in [1.807, 2.05) is 6.07 Å². The van der Waals surface area contributed by atoms with Gasteiger partial charge in [-0.2, -0.15) is 0 Å². The van der Waals surface area contributed by atoms with Crippen molar-refractivity contribution < 1.29 is 4.42 Å². The predicted molar refractivity (Wildman–Crippen MR) is 69.8 cm³/mol. The molecular weight excluding hydrogens is 210 g/mol. The Kier molecular flexibility index (Phi) is 2.67. The SMILES string of the molecule is Cc1ccc2oc(C(N)C3CCCC3)cc2c1.